The lowest BCUT2D eigenvalue weighted by Gasteiger charge is -2.18. The predicted molar refractivity (Wildman–Crippen MR) is 84.7 cm³/mol. The van der Waals surface area contributed by atoms with Crippen LogP contribution in [-0.2, 0) is 0 Å². The SMILES string of the molecule is CN(CCCCCO)C(=O)c1cnc(Cl)c2ccccc12. The molecule has 0 unspecified atom stereocenters. The molecule has 0 radical (unpaired) electrons. The minimum Gasteiger partial charge on any atom is -0.396 e. The molecule has 5 heteroatoms. The molecule has 1 amide bonds. The summed E-state index contributed by atoms with van der Waals surface area (Å²) >= 11 is 6.07. The number of carbonyl (C=O) groups excluding carboxylic acids is 1. The number of hydrogen-bond donors (Lipinski definition) is 1. The highest BCUT2D eigenvalue weighted by Gasteiger charge is 2.16. The van der Waals surface area contributed by atoms with Gasteiger partial charge in [-0.25, -0.2) is 4.98 Å². The first-order valence-corrected chi connectivity index (χ1v) is 7.42. The van der Waals surface area contributed by atoms with Crippen LogP contribution in [0.2, 0.25) is 5.15 Å². The van der Waals surface area contributed by atoms with E-state index in [0.29, 0.717) is 17.3 Å². The van der Waals surface area contributed by atoms with Crippen LogP contribution in [0.3, 0.4) is 0 Å². The van der Waals surface area contributed by atoms with Gasteiger partial charge in [0.25, 0.3) is 5.91 Å². The fourth-order valence-electron chi connectivity index (χ4n) is 2.27. The molecule has 1 aromatic carbocycles. The number of unbranched alkanes of at least 4 members (excludes halogenated alkanes) is 2. The molecule has 0 aliphatic rings. The van der Waals surface area contributed by atoms with Gasteiger partial charge in [0.2, 0.25) is 0 Å². The average Bonchev–Trinajstić information content (AvgIpc) is 2.51. The number of aliphatic hydroxyl groups is 1. The summed E-state index contributed by atoms with van der Waals surface area (Å²) in [5, 5.41) is 10.8. The van der Waals surface area contributed by atoms with Gasteiger partial charge in [-0.15, -0.1) is 0 Å². The number of carbonyl (C=O) groups is 1. The number of benzene rings is 1. The molecule has 1 heterocycles. The quantitative estimate of drug-likeness (QED) is 0.659. The zero-order chi connectivity index (χ0) is 15.2. The van der Waals surface area contributed by atoms with Crippen LogP contribution in [0.5, 0.6) is 0 Å². The number of pyridine rings is 1. The van der Waals surface area contributed by atoms with Gasteiger partial charge in [0.1, 0.15) is 5.15 Å². The van der Waals surface area contributed by atoms with Crippen molar-refractivity contribution in [3.8, 4) is 0 Å². The van der Waals surface area contributed by atoms with Crippen molar-refractivity contribution < 1.29 is 9.90 Å². The first-order chi connectivity index (χ1) is 10.1. The van der Waals surface area contributed by atoms with Crippen molar-refractivity contribution >= 4 is 28.3 Å². The number of aromatic nitrogens is 1. The minimum atomic E-state index is -0.0561. The van der Waals surface area contributed by atoms with E-state index in [2.05, 4.69) is 4.98 Å². The molecule has 0 aliphatic heterocycles. The summed E-state index contributed by atoms with van der Waals surface area (Å²) in [5.74, 6) is -0.0561. The largest absolute Gasteiger partial charge is 0.396 e. The van der Waals surface area contributed by atoms with Gasteiger partial charge >= 0.3 is 0 Å². The average molecular weight is 307 g/mol. The van der Waals surface area contributed by atoms with Crippen molar-refractivity contribution in [2.45, 2.75) is 19.3 Å². The molecular formula is C16H19ClN2O2. The number of aliphatic hydroxyl groups excluding tert-OH is 1. The first-order valence-electron chi connectivity index (χ1n) is 7.04. The molecule has 0 atom stereocenters. The van der Waals surface area contributed by atoms with E-state index in [1.807, 2.05) is 24.3 Å². The van der Waals surface area contributed by atoms with Crippen molar-refractivity contribution in [1.29, 1.82) is 0 Å². The molecule has 4 nitrogen and oxygen atoms in total. The Morgan fingerprint density at radius 3 is 2.67 bits per heavy atom. The molecule has 0 bridgehead atoms. The van der Waals surface area contributed by atoms with Gasteiger partial charge in [0.05, 0.1) is 5.56 Å². The van der Waals surface area contributed by atoms with E-state index in [0.717, 1.165) is 30.0 Å². The fourth-order valence-corrected chi connectivity index (χ4v) is 2.49. The standard InChI is InChI=1S/C16H19ClN2O2/c1-19(9-5-2-6-10-20)16(21)14-11-18-15(17)13-8-4-3-7-12(13)14/h3-4,7-8,11,20H,2,5-6,9-10H2,1H3. The Bertz CT molecular complexity index is 631. The topological polar surface area (TPSA) is 53.4 Å². The number of amides is 1. The number of nitrogens with zero attached hydrogens (tertiary/aromatic N) is 2. The van der Waals surface area contributed by atoms with Crippen molar-refractivity contribution in [2.75, 3.05) is 20.2 Å². The Hall–Kier alpha value is -1.65. The van der Waals surface area contributed by atoms with Gasteiger partial charge in [-0.1, -0.05) is 35.9 Å². The molecule has 1 N–H and O–H groups in total. The van der Waals surface area contributed by atoms with Crippen LogP contribution in [0.4, 0.5) is 0 Å². The zero-order valence-corrected chi connectivity index (χ0v) is 12.8. The van der Waals surface area contributed by atoms with Gasteiger partial charge < -0.3 is 10.0 Å². The van der Waals surface area contributed by atoms with E-state index >= 15 is 0 Å². The van der Waals surface area contributed by atoms with Crippen molar-refractivity contribution in [3.05, 3.63) is 41.2 Å². The molecule has 21 heavy (non-hydrogen) atoms. The molecular weight excluding hydrogens is 288 g/mol. The fraction of sp³-hybridized carbons (Fsp3) is 0.375. The third-order valence-electron chi connectivity index (χ3n) is 3.48. The Labute approximate surface area is 129 Å². The normalized spacial score (nSPS) is 10.8. The van der Waals surface area contributed by atoms with Crippen molar-refractivity contribution in [3.63, 3.8) is 0 Å². The summed E-state index contributed by atoms with van der Waals surface area (Å²) in [7, 11) is 1.78. The molecule has 112 valence electrons. The highest BCUT2D eigenvalue weighted by molar-refractivity contribution is 6.34. The molecule has 0 fully saturated rings. The third-order valence-corrected chi connectivity index (χ3v) is 3.78. The van der Waals surface area contributed by atoms with Crippen LogP contribution in [0.1, 0.15) is 29.6 Å². The van der Waals surface area contributed by atoms with Crippen LogP contribution in [-0.4, -0.2) is 41.1 Å². The highest BCUT2D eigenvalue weighted by Crippen LogP contribution is 2.24. The first kappa shape index (κ1) is 15.7. The van der Waals surface area contributed by atoms with Crippen LogP contribution in [0.15, 0.2) is 30.5 Å². The van der Waals surface area contributed by atoms with Crippen molar-refractivity contribution in [1.82, 2.24) is 9.88 Å². The lowest BCUT2D eigenvalue weighted by Crippen LogP contribution is -2.28. The Kier molecular flexibility index (Phi) is 5.53. The maximum absolute atomic E-state index is 12.5. The molecule has 0 spiro atoms. The van der Waals surface area contributed by atoms with Gasteiger partial charge in [0, 0.05) is 31.8 Å². The van der Waals surface area contributed by atoms with E-state index in [9.17, 15) is 4.79 Å². The molecule has 0 saturated heterocycles. The number of halogens is 1. The second-order valence-corrected chi connectivity index (χ2v) is 5.38. The van der Waals surface area contributed by atoms with Gasteiger partial charge in [-0.05, 0) is 24.6 Å². The van der Waals surface area contributed by atoms with Crippen molar-refractivity contribution in [2.24, 2.45) is 0 Å². The monoisotopic (exact) mass is 306 g/mol. The molecule has 0 aliphatic carbocycles. The van der Waals surface area contributed by atoms with Gasteiger partial charge in [-0.2, -0.15) is 0 Å². The summed E-state index contributed by atoms with van der Waals surface area (Å²) in [6.45, 7) is 0.860. The maximum Gasteiger partial charge on any atom is 0.255 e. The van der Waals surface area contributed by atoms with E-state index in [1.54, 1.807) is 11.9 Å². The Morgan fingerprint density at radius 1 is 1.24 bits per heavy atom. The maximum atomic E-state index is 12.5. The number of fused-ring (bicyclic) bond motifs is 1. The Balaban J connectivity index is 2.18. The van der Waals surface area contributed by atoms with Crippen LogP contribution in [0, 0.1) is 0 Å². The molecule has 1 aromatic heterocycles. The minimum absolute atomic E-state index is 0.0561. The summed E-state index contributed by atoms with van der Waals surface area (Å²) in [5.41, 5.74) is 0.569. The molecule has 2 aromatic rings. The zero-order valence-electron chi connectivity index (χ0n) is 12.1. The van der Waals surface area contributed by atoms with Crippen LogP contribution >= 0.6 is 11.6 Å². The van der Waals surface area contributed by atoms with E-state index in [-0.39, 0.29) is 12.5 Å². The lowest BCUT2D eigenvalue weighted by atomic mass is 10.1. The Morgan fingerprint density at radius 2 is 1.95 bits per heavy atom. The van der Waals surface area contributed by atoms with E-state index in [4.69, 9.17) is 16.7 Å². The molecule has 0 saturated carbocycles. The summed E-state index contributed by atoms with van der Waals surface area (Å²) in [6, 6.07) is 7.51. The number of rotatable bonds is 6. The number of hydrogen-bond acceptors (Lipinski definition) is 3. The van der Waals surface area contributed by atoms with E-state index < -0.39 is 0 Å². The summed E-state index contributed by atoms with van der Waals surface area (Å²) < 4.78 is 0. The smallest absolute Gasteiger partial charge is 0.255 e. The second kappa shape index (κ2) is 7.38. The lowest BCUT2D eigenvalue weighted by molar-refractivity contribution is 0.0793. The van der Waals surface area contributed by atoms with Crippen LogP contribution in [0.25, 0.3) is 10.8 Å². The summed E-state index contributed by atoms with van der Waals surface area (Å²) in [4.78, 5) is 18.3. The van der Waals surface area contributed by atoms with Gasteiger partial charge in [-0.3, -0.25) is 4.79 Å². The molecule has 2 rings (SSSR count). The summed E-state index contributed by atoms with van der Waals surface area (Å²) in [6.07, 6.45) is 4.10. The predicted octanol–water partition coefficient (Wildman–Crippen LogP) is 3.12. The highest BCUT2D eigenvalue weighted by atomic mass is 35.5. The van der Waals surface area contributed by atoms with Gasteiger partial charge in [0.15, 0.2) is 0 Å². The third kappa shape index (κ3) is 3.71. The second-order valence-electron chi connectivity index (χ2n) is 5.02. The van der Waals surface area contributed by atoms with Crippen LogP contribution < -0.4 is 0 Å². The van der Waals surface area contributed by atoms with E-state index in [1.165, 1.54) is 6.20 Å².